The van der Waals surface area contributed by atoms with E-state index in [9.17, 15) is 9.59 Å². The third kappa shape index (κ3) is 1.82. The molecule has 1 fully saturated rings. The van der Waals surface area contributed by atoms with Gasteiger partial charge in [0, 0.05) is 11.8 Å². The molecule has 1 saturated carbocycles. The zero-order valence-electron chi connectivity index (χ0n) is 8.90. The Labute approximate surface area is 93.1 Å². The average Bonchev–Trinajstić information content (AvgIpc) is 2.73. The number of allylic oxidation sites excluding steroid dienone is 1. The third-order valence-electron chi connectivity index (χ3n) is 3.73. The molecule has 1 amide bonds. The number of amides is 1. The van der Waals surface area contributed by atoms with E-state index in [0.717, 1.165) is 24.8 Å². The summed E-state index contributed by atoms with van der Waals surface area (Å²) in [4.78, 5) is 22.0. The lowest BCUT2D eigenvalue weighted by Crippen LogP contribution is -2.29. The molecular formula is C11H15NO4. The van der Waals surface area contributed by atoms with Gasteiger partial charge in [0.15, 0.2) is 0 Å². The minimum atomic E-state index is -0.859. The second-order valence-electron chi connectivity index (χ2n) is 4.76. The van der Waals surface area contributed by atoms with E-state index in [-0.39, 0.29) is 18.3 Å². The van der Waals surface area contributed by atoms with Gasteiger partial charge in [0.05, 0.1) is 6.42 Å². The van der Waals surface area contributed by atoms with Crippen LogP contribution in [-0.2, 0) is 9.59 Å². The normalized spacial score (nSPS) is 31.3. The number of hydrogen-bond acceptors (Lipinski definition) is 3. The number of carboxylic acids is 1. The molecule has 0 aromatic carbocycles. The Hall–Kier alpha value is -1.36. The molecule has 2 bridgehead atoms. The van der Waals surface area contributed by atoms with Crippen LogP contribution < -0.4 is 5.48 Å². The fourth-order valence-corrected chi connectivity index (χ4v) is 3.09. The largest absolute Gasteiger partial charge is 0.481 e. The smallest absolute Gasteiger partial charge is 0.307 e. The maximum absolute atomic E-state index is 11.2. The maximum atomic E-state index is 11.2. The number of carboxylic acid groups (broad SMARTS) is 1. The van der Waals surface area contributed by atoms with Crippen LogP contribution in [0.15, 0.2) is 11.6 Å². The zero-order chi connectivity index (χ0) is 11.8. The van der Waals surface area contributed by atoms with Crippen LogP contribution in [0.4, 0.5) is 0 Å². The van der Waals surface area contributed by atoms with E-state index >= 15 is 0 Å². The van der Waals surface area contributed by atoms with Crippen LogP contribution in [0.5, 0.6) is 0 Å². The van der Waals surface area contributed by atoms with Crippen molar-refractivity contribution in [3.8, 4) is 0 Å². The first kappa shape index (κ1) is 11.1. The Morgan fingerprint density at radius 3 is 2.88 bits per heavy atom. The molecule has 2 aliphatic rings. The number of fused-ring (bicyclic) bond motifs is 2. The van der Waals surface area contributed by atoms with Crippen molar-refractivity contribution in [3.05, 3.63) is 11.6 Å². The molecule has 3 N–H and O–H groups in total. The molecule has 0 saturated heterocycles. The summed E-state index contributed by atoms with van der Waals surface area (Å²) in [5.74, 6) is -0.873. The molecule has 0 aromatic heterocycles. The molecule has 0 spiro atoms. The predicted molar refractivity (Wildman–Crippen MR) is 54.7 cm³/mol. The van der Waals surface area contributed by atoms with Gasteiger partial charge in [-0.2, -0.15) is 0 Å². The number of carbonyl (C=O) groups is 2. The topological polar surface area (TPSA) is 86.6 Å². The standard InChI is InChI=1S/C11H15NO4/c13-9(12-16)6-11-2-1-7(5-11)3-8(11)4-10(14)15/h3,7,16H,1-2,4-6H2,(H,12,13)(H,14,15). The number of hydroxylamine groups is 1. The highest BCUT2D eigenvalue weighted by molar-refractivity contribution is 5.77. The second-order valence-corrected chi connectivity index (χ2v) is 4.76. The van der Waals surface area contributed by atoms with Crippen LogP contribution in [0, 0.1) is 11.3 Å². The van der Waals surface area contributed by atoms with Gasteiger partial charge in [-0.3, -0.25) is 14.8 Å². The van der Waals surface area contributed by atoms with Gasteiger partial charge >= 0.3 is 5.97 Å². The van der Waals surface area contributed by atoms with Crippen molar-refractivity contribution in [2.24, 2.45) is 11.3 Å². The molecule has 2 unspecified atom stereocenters. The predicted octanol–water partition coefficient (Wildman–Crippen LogP) is 1.08. The summed E-state index contributed by atoms with van der Waals surface area (Å²) in [6.07, 6.45) is 4.92. The summed E-state index contributed by atoms with van der Waals surface area (Å²) in [6.45, 7) is 0. The Balaban J connectivity index is 2.15. The van der Waals surface area contributed by atoms with Crippen LogP contribution in [0.25, 0.3) is 0 Å². The molecule has 0 aliphatic heterocycles. The van der Waals surface area contributed by atoms with Gasteiger partial charge in [0.2, 0.25) is 5.91 Å². The number of aliphatic carboxylic acids is 1. The highest BCUT2D eigenvalue weighted by Gasteiger charge is 2.47. The highest BCUT2D eigenvalue weighted by atomic mass is 16.5. The van der Waals surface area contributed by atoms with Gasteiger partial charge in [0.1, 0.15) is 0 Å². The maximum Gasteiger partial charge on any atom is 0.307 e. The quantitative estimate of drug-likeness (QED) is 0.379. The summed E-state index contributed by atoms with van der Waals surface area (Å²) in [7, 11) is 0. The van der Waals surface area contributed by atoms with Gasteiger partial charge in [-0.15, -0.1) is 0 Å². The summed E-state index contributed by atoms with van der Waals surface area (Å²) < 4.78 is 0. The number of carbonyl (C=O) groups excluding carboxylic acids is 1. The van der Waals surface area contributed by atoms with Gasteiger partial charge < -0.3 is 5.11 Å². The van der Waals surface area contributed by atoms with E-state index in [1.807, 2.05) is 6.08 Å². The van der Waals surface area contributed by atoms with Crippen LogP contribution >= 0.6 is 0 Å². The summed E-state index contributed by atoms with van der Waals surface area (Å²) in [5, 5.41) is 17.4. The lowest BCUT2D eigenvalue weighted by Gasteiger charge is -2.28. The minimum Gasteiger partial charge on any atom is -0.481 e. The molecule has 2 aliphatic carbocycles. The van der Waals surface area contributed by atoms with E-state index < -0.39 is 11.9 Å². The Morgan fingerprint density at radius 2 is 2.31 bits per heavy atom. The van der Waals surface area contributed by atoms with Gasteiger partial charge in [-0.25, -0.2) is 5.48 Å². The van der Waals surface area contributed by atoms with E-state index in [0.29, 0.717) is 5.92 Å². The number of hydrogen-bond donors (Lipinski definition) is 3. The molecule has 16 heavy (non-hydrogen) atoms. The van der Waals surface area contributed by atoms with E-state index in [1.54, 1.807) is 5.48 Å². The van der Waals surface area contributed by atoms with Crippen molar-refractivity contribution in [2.45, 2.75) is 32.1 Å². The zero-order valence-corrected chi connectivity index (χ0v) is 8.90. The van der Waals surface area contributed by atoms with Gasteiger partial charge in [0.25, 0.3) is 0 Å². The fraction of sp³-hybridized carbons (Fsp3) is 0.636. The van der Waals surface area contributed by atoms with Crippen molar-refractivity contribution in [3.63, 3.8) is 0 Å². The SMILES string of the molecule is O=C(O)CC1=CC2CCC1(CC(=O)NO)C2. The third-order valence-corrected chi connectivity index (χ3v) is 3.73. The first-order chi connectivity index (χ1) is 7.55. The first-order valence-electron chi connectivity index (χ1n) is 5.42. The van der Waals surface area contributed by atoms with E-state index in [1.165, 1.54) is 0 Å². The fourth-order valence-electron chi connectivity index (χ4n) is 3.09. The van der Waals surface area contributed by atoms with Crippen molar-refractivity contribution >= 4 is 11.9 Å². The minimum absolute atomic E-state index is 0.00914. The van der Waals surface area contributed by atoms with Gasteiger partial charge in [-0.05, 0) is 25.2 Å². The monoisotopic (exact) mass is 225 g/mol. The number of nitrogens with one attached hydrogen (secondary N) is 1. The average molecular weight is 225 g/mol. The molecule has 88 valence electrons. The van der Waals surface area contributed by atoms with Crippen LogP contribution in [0.3, 0.4) is 0 Å². The van der Waals surface area contributed by atoms with Crippen molar-refractivity contribution in [2.75, 3.05) is 0 Å². The summed E-state index contributed by atoms with van der Waals surface area (Å²) in [5.41, 5.74) is 2.18. The number of rotatable bonds is 4. The molecule has 5 nitrogen and oxygen atoms in total. The molecule has 2 atom stereocenters. The van der Waals surface area contributed by atoms with Crippen molar-refractivity contribution in [1.29, 1.82) is 0 Å². The summed E-state index contributed by atoms with van der Waals surface area (Å²) in [6, 6.07) is 0. The Morgan fingerprint density at radius 1 is 1.56 bits per heavy atom. The lowest BCUT2D eigenvalue weighted by molar-refractivity contribution is -0.137. The highest BCUT2D eigenvalue weighted by Crippen LogP contribution is 2.56. The van der Waals surface area contributed by atoms with Crippen LogP contribution in [0.1, 0.15) is 32.1 Å². The van der Waals surface area contributed by atoms with Crippen molar-refractivity contribution in [1.82, 2.24) is 5.48 Å². The molecule has 0 heterocycles. The molecule has 0 radical (unpaired) electrons. The van der Waals surface area contributed by atoms with Crippen LogP contribution in [-0.4, -0.2) is 22.2 Å². The Kier molecular flexibility index (Phi) is 2.71. The lowest BCUT2D eigenvalue weighted by atomic mass is 9.76. The van der Waals surface area contributed by atoms with E-state index in [4.69, 9.17) is 10.3 Å². The summed E-state index contributed by atoms with van der Waals surface area (Å²) >= 11 is 0. The molecular weight excluding hydrogens is 210 g/mol. The Bertz CT molecular complexity index is 363. The molecule has 2 rings (SSSR count). The van der Waals surface area contributed by atoms with Crippen LogP contribution in [0.2, 0.25) is 0 Å². The first-order valence-corrected chi connectivity index (χ1v) is 5.42. The molecule has 0 aromatic rings. The van der Waals surface area contributed by atoms with Gasteiger partial charge in [-0.1, -0.05) is 11.6 Å². The van der Waals surface area contributed by atoms with E-state index in [2.05, 4.69) is 0 Å². The second kappa shape index (κ2) is 3.90. The molecule has 5 heteroatoms. The van der Waals surface area contributed by atoms with Crippen molar-refractivity contribution < 1.29 is 19.9 Å².